The number of hydrogen-bond acceptors (Lipinski definition) is 5. The predicted molar refractivity (Wildman–Crippen MR) is 106 cm³/mol. The maximum atomic E-state index is 12.4. The zero-order valence-corrected chi connectivity index (χ0v) is 16.8. The molecule has 0 saturated carbocycles. The Balaban J connectivity index is 2.09. The Morgan fingerprint density at radius 3 is 2.73 bits per heavy atom. The number of nitrogens with zero attached hydrogens (tertiary/aromatic N) is 3. The number of thioether (sulfide) groups is 1. The first-order chi connectivity index (χ1) is 12.3. The number of amides is 1. The molecule has 1 heterocycles. The maximum absolute atomic E-state index is 12.4. The quantitative estimate of drug-likeness (QED) is 0.589. The molecule has 2 rings (SSSR count). The van der Waals surface area contributed by atoms with Gasteiger partial charge in [-0.1, -0.05) is 44.7 Å². The van der Waals surface area contributed by atoms with E-state index in [9.17, 15) is 4.79 Å². The number of aryl methyl sites for hydroxylation is 1. The van der Waals surface area contributed by atoms with E-state index < -0.39 is 0 Å². The Kier molecular flexibility index (Phi) is 6.47. The van der Waals surface area contributed by atoms with Gasteiger partial charge in [-0.2, -0.15) is 0 Å². The monoisotopic (exact) mass is 374 g/mol. The van der Waals surface area contributed by atoms with Crippen LogP contribution in [0.25, 0.3) is 0 Å². The molecule has 6 nitrogen and oxygen atoms in total. The highest BCUT2D eigenvalue weighted by Gasteiger charge is 2.17. The largest absolute Gasteiger partial charge is 0.495 e. The van der Waals surface area contributed by atoms with Crippen LogP contribution in [-0.2, 0) is 16.8 Å². The summed E-state index contributed by atoms with van der Waals surface area (Å²) < 4.78 is 7.29. The fourth-order valence-corrected chi connectivity index (χ4v) is 3.19. The second kappa shape index (κ2) is 8.40. The van der Waals surface area contributed by atoms with Gasteiger partial charge in [0, 0.05) is 6.54 Å². The maximum Gasteiger partial charge on any atom is 0.234 e. The fraction of sp³-hybridized carbons (Fsp3) is 0.421. The summed E-state index contributed by atoms with van der Waals surface area (Å²) in [5, 5.41) is 11.8. The molecule has 0 bridgehead atoms. The lowest BCUT2D eigenvalue weighted by Crippen LogP contribution is -2.17. The van der Waals surface area contributed by atoms with E-state index in [1.54, 1.807) is 13.2 Å². The van der Waals surface area contributed by atoms with E-state index in [2.05, 4.69) is 42.9 Å². The van der Waals surface area contributed by atoms with Crippen LogP contribution in [-0.4, -0.2) is 33.5 Å². The van der Waals surface area contributed by atoms with Gasteiger partial charge in [0.1, 0.15) is 11.6 Å². The van der Waals surface area contributed by atoms with Crippen LogP contribution < -0.4 is 10.1 Å². The average molecular weight is 375 g/mol. The summed E-state index contributed by atoms with van der Waals surface area (Å²) in [5.41, 5.74) is 1.79. The highest BCUT2D eigenvalue weighted by Crippen LogP contribution is 2.31. The molecule has 0 fully saturated rings. The molecule has 0 radical (unpaired) electrons. The predicted octanol–water partition coefficient (Wildman–Crippen LogP) is 3.81. The molecule has 1 aromatic carbocycles. The van der Waals surface area contributed by atoms with Gasteiger partial charge in [-0.15, -0.1) is 16.8 Å². The van der Waals surface area contributed by atoms with Crippen LogP contribution >= 0.6 is 11.8 Å². The molecular weight excluding hydrogens is 348 g/mol. The van der Waals surface area contributed by atoms with Crippen LogP contribution in [0.2, 0.25) is 0 Å². The first-order valence-corrected chi connectivity index (χ1v) is 9.36. The molecule has 140 valence electrons. The molecule has 0 aliphatic heterocycles. The third-order valence-corrected chi connectivity index (χ3v) is 4.85. The van der Waals surface area contributed by atoms with E-state index in [-0.39, 0.29) is 17.1 Å². The van der Waals surface area contributed by atoms with Gasteiger partial charge in [0.25, 0.3) is 0 Å². The molecule has 0 saturated heterocycles. The minimum atomic E-state index is -0.120. The summed E-state index contributed by atoms with van der Waals surface area (Å²) in [6.07, 6.45) is 1.78. The number of carbonyl (C=O) groups excluding carboxylic acids is 1. The van der Waals surface area contributed by atoms with Crippen molar-refractivity contribution in [1.29, 1.82) is 0 Å². The van der Waals surface area contributed by atoms with Crippen LogP contribution in [0.3, 0.4) is 0 Å². The highest BCUT2D eigenvalue weighted by molar-refractivity contribution is 7.99. The van der Waals surface area contributed by atoms with Crippen LogP contribution in [0, 0.1) is 6.92 Å². The number of benzene rings is 1. The Bertz CT molecular complexity index is 793. The Labute approximate surface area is 159 Å². The number of rotatable bonds is 7. The molecular formula is C19H26N4O2S. The first-order valence-electron chi connectivity index (χ1n) is 8.38. The van der Waals surface area contributed by atoms with Crippen LogP contribution in [0.5, 0.6) is 5.75 Å². The van der Waals surface area contributed by atoms with Gasteiger partial charge in [-0.3, -0.25) is 4.79 Å². The Morgan fingerprint density at radius 1 is 1.38 bits per heavy atom. The lowest BCUT2D eigenvalue weighted by molar-refractivity contribution is -0.113. The topological polar surface area (TPSA) is 69.0 Å². The lowest BCUT2D eigenvalue weighted by atomic mass is 9.87. The van der Waals surface area contributed by atoms with E-state index in [1.807, 2.05) is 29.7 Å². The van der Waals surface area contributed by atoms with Gasteiger partial charge in [0.2, 0.25) is 5.91 Å². The van der Waals surface area contributed by atoms with Crippen molar-refractivity contribution in [3.63, 3.8) is 0 Å². The molecule has 26 heavy (non-hydrogen) atoms. The average Bonchev–Trinajstić information content (AvgIpc) is 2.93. The van der Waals surface area contributed by atoms with Crippen LogP contribution in [0.4, 0.5) is 5.69 Å². The number of nitrogens with one attached hydrogen (secondary N) is 1. The van der Waals surface area contributed by atoms with Gasteiger partial charge in [0.05, 0.1) is 18.6 Å². The van der Waals surface area contributed by atoms with Crippen molar-refractivity contribution in [3.05, 3.63) is 42.2 Å². The standard InChI is InChI=1S/C19H26N4O2S/c1-7-10-23-13(2)21-22-18(23)26-12-17(24)20-15-11-14(19(3,4)5)8-9-16(15)25-6/h7-9,11H,1,10,12H2,2-6H3,(H,20,24). The molecule has 0 unspecified atom stereocenters. The van der Waals surface area contributed by atoms with E-state index in [0.717, 1.165) is 11.4 Å². The van der Waals surface area contributed by atoms with E-state index in [1.165, 1.54) is 11.8 Å². The van der Waals surface area contributed by atoms with Crippen molar-refractivity contribution in [2.45, 2.75) is 44.8 Å². The van der Waals surface area contributed by atoms with Gasteiger partial charge in [-0.05, 0) is 30.0 Å². The van der Waals surface area contributed by atoms with Crippen molar-refractivity contribution in [2.75, 3.05) is 18.2 Å². The highest BCUT2D eigenvalue weighted by atomic mass is 32.2. The van der Waals surface area contributed by atoms with Gasteiger partial charge >= 0.3 is 0 Å². The number of aromatic nitrogens is 3. The molecule has 0 aliphatic carbocycles. The molecule has 1 aromatic heterocycles. The lowest BCUT2D eigenvalue weighted by Gasteiger charge is -2.21. The first kappa shape index (κ1) is 20.0. The minimum Gasteiger partial charge on any atom is -0.495 e. The van der Waals surface area contributed by atoms with Crippen molar-refractivity contribution in [1.82, 2.24) is 14.8 Å². The number of ether oxygens (including phenoxy) is 1. The van der Waals surface area contributed by atoms with Crippen molar-refractivity contribution < 1.29 is 9.53 Å². The summed E-state index contributed by atoms with van der Waals surface area (Å²) in [7, 11) is 1.59. The normalized spacial score (nSPS) is 11.3. The van der Waals surface area contributed by atoms with Crippen LogP contribution in [0.15, 0.2) is 36.0 Å². The van der Waals surface area contributed by atoms with Crippen molar-refractivity contribution in [2.24, 2.45) is 0 Å². The SMILES string of the molecule is C=CCn1c(C)nnc1SCC(=O)Nc1cc(C(C)(C)C)ccc1OC. The van der Waals surface area contributed by atoms with Gasteiger partial charge < -0.3 is 14.6 Å². The van der Waals surface area contributed by atoms with E-state index in [4.69, 9.17) is 4.74 Å². The molecule has 1 N–H and O–H groups in total. The van der Waals surface area contributed by atoms with Crippen molar-refractivity contribution >= 4 is 23.4 Å². The van der Waals surface area contributed by atoms with Gasteiger partial charge in [-0.25, -0.2) is 0 Å². The Morgan fingerprint density at radius 2 is 2.12 bits per heavy atom. The number of methoxy groups -OCH3 is 1. The Hall–Kier alpha value is -2.28. The van der Waals surface area contributed by atoms with Crippen LogP contribution in [0.1, 0.15) is 32.2 Å². The van der Waals surface area contributed by atoms with Crippen molar-refractivity contribution in [3.8, 4) is 5.75 Å². The minimum absolute atomic E-state index is 0.0147. The van der Waals surface area contributed by atoms with E-state index >= 15 is 0 Å². The zero-order chi connectivity index (χ0) is 19.3. The summed E-state index contributed by atoms with van der Waals surface area (Å²) in [6, 6.07) is 5.86. The molecule has 1 amide bonds. The number of anilines is 1. The van der Waals surface area contributed by atoms with Gasteiger partial charge in [0.15, 0.2) is 5.16 Å². The second-order valence-corrected chi connectivity index (χ2v) is 7.87. The number of allylic oxidation sites excluding steroid dienone is 1. The molecule has 0 spiro atoms. The molecule has 0 aliphatic rings. The number of hydrogen-bond donors (Lipinski definition) is 1. The third kappa shape index (κ3) is 4.88. The summed E-state index contributed by atoms with van der Waals surface area (Å²) in [5.74, 6) is 1.55. The summed E-state index contributed by atoms with van der Waals surface area (Å²) in [4.78, 5) is 12.4. The summed E-state index contributed by atoms with van der Waals surface area (Å²) >= 11 is 1.35. The third-order valence-electron chi connectivity index (χ3n) is 3.89. The molecule has 0 atom stereocenters. The fourth-order valence-electron chi connectivity index (χ4n) is 2.40. The smallest absolute Gasteiger partial charge is 0.234 e. The van der Waals surface area contributed by atoms with E-state index in [0.29, 0.717) is 23.1 Å². The summed E-state index contributed by atoms with van der Waals surface area (Å²) in [6.45, 7) is 12.6. The zero-order valence-electron chi connectivity index (χ0n) is 16.0. The number of carbonyl (C=O) groups is 1. The molecule has 7 heteroatoms. The molecule has 2 aromatic rings. The second-order valence-electron chi connectivity index (χ2n) is 6.93.